The number of hydrogen-bond donors (Lipinski definition) is 3. The molecule has 0 unspecified atom stereocenters. The fraction of sp³-hybridized carbons (Fsp3) is 0.297. The third-order valence-corrected chi connectivity index (χ3v) is 10.0. The summed E-state index contributed by atoms with van der Waals surface area (Å²) >= 11 is 14.2. The molecule has 0 saturated carbocycles. The lowest BCUT2D eigenvalue weighted by molar-refractivity contribution is -0.119. The number of aromatic nitrogens is 3. The number of aliphatic hydroxyl groups is 1. The van der Waals surface area contributed by atoms with Crippen LogP contribution in [-0.2, 0) is 17.9 Å². The number of carbonyl (C=O) groups is 1. The second-order valence-electron chi connectivity index (χ2n) is 12.5. The number of aliphatic hydroxyl groups excluding tert-OH is 1. The predicted octanol–water partition coefficient (Wildman–Crippen LogP) is 5.34. The SMILES string of the molecule is COc1nc(-c2cccc(-c3cccc(-c4ccn5c(=O)c(CNC[C@@H]6CCC(=O)N6)cnc5c4)c3Cl)c2Cl)ccc1CN1CC[C@@H](O)C1. The van der Waals surface area contributed by atoms with E-state index in [1.165, 1.54) is 4.40 Å². The van der Waals surface area contributed by atoms with E-state index in [0.29, 0.717) is 65.4 Å². The Bertz CT molecular complexity index is 2100. The molecule has 252 valence electrons. The zero-order valence-corrected chi connectivity index (χ0v) is 28.5. The minimum atomic E-state index is -0.298. The van der Waals surface area contributed by atoms with E-state index in [4.69, 9.17) is 32.9 Å². The van der Waals surface area contributed by atoms with Crippen LogP contribution in [0.4, 0.5) is 0 Å². The van der Waals surface area contributed by atoms with Gasteiger partial charge in [0.15, 0.2) is 0 Å². The van der Waals surface area contributed by atoms with Crippen molar-refractivity contribution < 1.29 is 14.6 Å². The minimum Gasteiger partial charge on any atom is -0.481 e. The first-order chi connectivity index (χ1) is 23.8. The number of hydrogen-bond acceptors (Lipinski definition) is 8. The predicted molar refractivity (Wildman–Crippen MR) is 191 cm³/mol. The van der Waals surface area contributed by atoms with Gasteiger partial charge >= 0.3 is 0 Å². The Morgan fingerprint density at radius 1 is 0.980 bits per heavy atom. The molecule has 2 aliphatic heterocycles. The Morgan fingerprint density at radius 3 is 2.45 bits per heavy atom. The van der Waals surface area contributed by atoms with Crippen LogP contribution in [0.15, 0.2) is 77.9 Å². The summed E-state index contributed by atoms with van der Waals surface area (Å²) in [7, 11) is 1.60. The topological polar surface area (TPSA) is 121 Å². The van der Waals surface area contributed by atoms with Gasteiger partial charge in [0.25, 0.3) is 5.56 Å². The van der Waals surface area contributed by atoms with Gasteiger partial charge in [-0.05, 0) is 36.6 Å². The highest BCUT2D eigenvalue weighted by Gasteiger charge is 2.23. The highest BCUT2D eigenvalue weighted by Crippen LogP contribution is 2.42. The van der Waals surface area contributed by atoms with Gasteiger partial charge in [-0.2, -0.15) is 0 Å². The highest BCUT2D eigenvalue weighted by molar-refractivity contribution is 6.39. The summed E-state index contributed by atoms with van der Waals surface area (Å²) in [4.78, 5) is 36.3. The van der Waals surface area contributed by atoms with Gasteiger partial charge in [0, 0.05) is 91.0 Å². The fourth-order valence-electron chi connectivity index (χ4n) is 6.63. The van der Waals surface area contributed by atoms with E-state index in [1.807, 2.05) is 60.7 Å². The Morgan fingerprint density at radius 2 is 1.73 bits per heavy atom. The number of carbonyl (C=O) groups excluding carboxylic acids is 1. The van der Waals surface area contributed by atoms with Crippen molar-refractivity contribution in [2.24, 2.45) is 0 Å². The van der Waals surface area contributed by atoms with Gasteiger partial charge in [0.1, 0.15) is 5.65 Å². The van der Waals surface area contributed by atoms with Crippen LogP contribution in [0.5, 0.6) is 5.88 Å². The summed E-state index contributed by atoms with van der Waals surface area (Å²) in [5.41, 5.74) is 6.34. The number of rotatable bonds is 10. The monoisotopic (exact) mass is 698 g/mol. The molecule has 49 heavy (non-hydrogen) atoms. The number of fused-ring (bicyclic) bond motifs is 1. The third kappa shape index (κ3) is 6.92. The van der Waals surface area contributed by atoms with Crippen molar-refractivity contribution in [3.63, 3.8) is 0 Å². The zero-order chi connectivity index (χ0) is 34.1. The molecule has 0 spiro atoms. The highest BCUT2D eigenvalue weighted by atomic mass is 35.5. The molecule has 1 amide bonds. The zero-order valence-electron chi connectivity index (χ0n) is 27.0. The van der Waals surface area contributed by atoms with E-state index in [2.05, 4.69) is 20.5 Å². The minimum absolute atomic E-state index is 0.0632. The molecule has 10 nitrogen and oxygen atoms in total. The summed E-state index contributed by atoms with van der Waals surface area (Å²) in [6.07, 6.45) is 5.10. The number of pyridine rings is 2. The fourth-order valence-corrected chi connectivity index (χ4v) is 7.29. The lowest BCUT2D eigenvalue weighted by Gasteiger charge is -2.18. The van der Waals surface area contributed by atoms with Crippen molar-refractivity contribution >= 4 is 34.8 Å². The second-order valence-corrected chi connectivity index (χ2v) is 13.3. The Hall–Kier alpha value is -4.32. The number of nitrogens with one attached hydrogen (secondary N) is 2. The molecule has 3 N–H and O–H groups in total. The van der Waals surface area contributed by atoms with Gasteiger partial charge in [0.2, 0.25) is 11.8 Å². The summed E-state index contributed by atoms with van der Waals surface area (Å²) in [5.74, 6) is 0.583. The first-order valence-electron chi connectivity index (χ1n) is 16.3. The molecule has 2 saturated heterocycles. The Labute approximate surface area is 293 Å². The third-order valence-electron chi connectivity index (χ3n) is 9.22. The maximum Gasteiger partial charge on any atom is 0.262 e. The number of ether oxygens (including phenoxy) is 1. The van der Waals surface area contributed by atoms with Crippen LogP contribution in [0.25, 0.3) is 39.2 Å². The first-order valence-corrected chi connectivity index (χ1v) is 17.1. The van der Waals surface area contributed by atoms with Gasteiger partial charge in [-0.25, -0.2) is 9.97 Å². The van der Waals surface area contributed by atoms with Crippen molar-refractivity contribution in [1.82, 2.24) is 29.9 Å². The van der Waals surface area contributed by atoms with Crippen molar-refractivity contribution in [2.45, 2.75) is 44.5 Å². The van der Waals surface area contributed by atoms with Crippen LogP contribution in [-0.4, -0.2) is 69.2 Å². The maximum atomic E-state index is 13.2. The number of amides is 1. The molecular weight excluding hydrogens is 663 g/mol. The van der Waals surface area contributed by atoms with Crippen LogP contribution >= 0.6 is 23.2 Å². The van der Waals surface area contributed by atoms with E-state index in [9.17, 15) is 14.7 Å². The summed E-state index contributed by atoms with van der Waals surface area (Å²) in [6.45, 7) is 3.05. The average Bonchev–Trinajstić information content (AvgIpc) is 3.72. The molecule has 5 heterocycles. The number of benzene rings is 2. The number of β-amino-alcohol motifs (C(OH)–C–C–N with tert-alkyl or cyclic N) is 1. The standard InChI is InChI=1S/C37H36Cl2N6O4/c1-49-36-23(20-44-14-13-26(46)21-44)8-10-31(43-36)30-7-3-6-29(35(30)39)28-5-2-4-27(34(28)38)22-12-15-45-32(16-22)41-18-24(37(45)48)17-40-19-25-9-11-33(47)42-25/h2-8,10,12,15-16,18,25-26,40,46H,9,11,13-14,17,19-21H2,1H3,(H,42,47)/t25-,26+/m0/s1. The molecule has 12 heteroatoms. The van der Waals surface area contributed by atoms with Crippen molar-refractivity contribution in [2.75, 3.05) is 26.7 Å². The van der Waals surface area contributed by atoms with Gasteiger partial charge in [-0.3, -0.25) is 18.9 Å². The van der Waals surface area contributed by atoms with E-state index in [-0.39, 0.29) is 23.6 Å². The van der Waals surface area contributed by atoms with Crippen molar-refractivity contribution in [3.05, 3.63) is 105 Å². The molecule has 5 aromatic rings. The first kappa shape index (κ1) is 33.2. The number of likely N-dealkylation sites (tertiary alicyclic amines) is 1. The molecule has 0 aliphatic carbocycles. The number of halogens is 2. The molecular formula is C37H36Cl2N6O4. The second kappa shape index (κ2) is 14.3. The molecule has 3 aromatic heterocycles. The summed E-state index contributed by atoms with van der Waals surface area (Å²) < 4.78 is 7.19. The van der Waals surface area contributed by atoms with E-state index in [1.54, 1.807) is 19.5 Å². The van der Waals surface area contributed by atoms with Gasteiger partial charge < -0.3 is 20.5 Å². The van der Waals surface area contributed by atoms with Crippen LogP contribution < -0.4 is 20.9 Å². The maximum absolute atomic E-state index is 13.2. The Kier molecular flexibility index (Phi) is 9.66. The molecule has 7 rings (SSSR count). The summed E-state index contributed by atoms with van der Waals surface area (Å²) in [6, 6.07) is 19.3. The Balaban J connectivity index is 1.14. The van der Waals surface area contributed by atoms with E-state index < -0.39 is 0 Å². The van der Waals surface area contributed by atoms with Gasteiger partial charge in [-0.15, -0.1) is 0 Å². The van der Waals surface area contributed by atoms with Crippen LogP contribution in [0, 0.1) is 0 Å². The van der Waals surface area contributed by atoms with Crippen LogP contribution in [0.3, 0.4) is 0 Å². The quantitative estimate of drug-likeness (QED) is 0.179. The van der Waals surface area contributed by atoms with Gasteiger partial charge in [0.05, 0.1) is 29.0 Å². The lowest BCUT2D eigenvalue weighted by Crippen LogP contribution is -2.36. The number of nitrogens with zero attached hydrogens (tertiary/aromatic N) is 4. The largest absolute Gasteiger partial charge is 0.481 e. The van der Waals surface area contributed by atoms with Crippen molar-refractivity contribution in [1.29, 1.82) is 0 Å². The van der Waals surface area contributed by atoms with Crippen molar-refractivity contribution in [3.8, 4) is 39.4 Å². The van der Waals surface area contributed by atoms with Crippen LogP contribution in [0.1, 0.15) is 30.4 Å². The molecule has 0 bridgehead atoms. The molecule has 2 aromatic carbocycles. The van der Waals surface area contributed by atoms with E-state index >= 15 is 0 Å². The molecule has 0 radical (unpaired) electrons. The molecule has 2 aliphatic rings. The normalized spacial score (nSPS) is 17.9. The van der Waals surface area contributed by atoms with E-state index in [0.717, 1.165) is 52.8 Å². The summed E-state index contributed by atoms with van der Waals surface area (Å²) in [5, 5.41) is 17.1. The molecule has 2 atom stereocenters. The van der Waals surface area contributed by atoms with Gasteiger partial charge in [-0.1, -0.05) is 65.7 Å². The average molecular weight is 700 g/mol. The smallest absolute Gasteiger partial charge is 0.262 e. The van der Waals surface area contributed by atoms with Crippen LogP contribution in [0.2, 0.25) is 10.0 Å². The lowest BCUT2D eigenvalue weighted by atomic mass is 9.97. The molecule has 2 fully saturated rings. The number of methoxy groups -OCH3 is 1.